The summed E-state index contributed by atoms with van der Waals surface area (Å²) in [4.78, 5) is 26.2. The first-order valence-electron chi connectivity index (χ1n) is 10.6. The number of carboxylic acids is 1. The van der Waals surface area contributed by atoms with Gasteiger partial charge in [-0.15, -0.1) is 0 Å². The van der Waals surface area contributed by atoms with E-state index in [4.69, 9.17) is 18.9 Å². The third-order valence-electron chi connectivity index (χ3n) is 5.61. The maximum Gasteiger partial charge on any atom is 1.00 e. The van der Waals surface area contributed by atoms with E-state index in [0.717, 1.165) is 11.1 Å². The van der Waals surface area contributed by atoms with Crippen LogP contribution in [0.5, 0.6) is 23.0 Å². The van der Waals surface area contributed by atoms with Crippen LogP contribution in [-0.2, 0) is 11.2 Å². The predicted octanol–water partition coefficient (Wildman–Crippen LogP) is 0.374. The Kier molecular flexibility index (Phi) is 8.62. The molecule has 4 rings (SSSR count). The summed E-state index contributed by atoms with van der Waals surface area (Å²) in [7, 11) is 2.99. The summed E-state index contributed by atoms with van der Waals surface area (Å²) in [5.41, 5.74) is 1.95. The summed E-state index contributed by atoms with van der Waals surface area (Å²) in [5, 5.41) is 12.5. The molecule has 0 saturated heterocycles. The van der Waals surface area contributed by atoms with Crippen LogP contribution in [0, 0.1) is 6.92 Å². The number of aliphatic carboxylic acids is 1. The minimum absolute atomic E-state index is 0. The molecule has 0 unspecified atom stereocenters. The Hall–Kier alpha value is -3.26. The van der Waals surface area contributed by atoms with Gasteiger partial charge < -0.3 is 28.8 Å². The molecule has 174 valence electrons. The van der Waals surface area contributed by atoms with Gasteiger partial charge in [-0.1, -0.05) is 30.3 Å². The fourth-order valence-corrected chi connectivity index (χ4v) is 3.97. The second kappa shape index (κ2) is 11.4. The van der Waals surface area contributed by atoms with Gasteiger partial charge in [0, 0.05) is 23.1 Å². The minimum Gasteiger partial charge on any atom is -0.545 e. The van der Waals surface area contributed by atoms with Crippen LogP contribution in [0.2, 0.25) is 0 Å². The van der Waals surface area contributed by atoms with E-state index in [2.05, 4.69) is 0 Å². The average Bonchev–Trinajstić information content (AvgIpc) is 3.32. The second-order valence-electron chi connectivity index (χ2n) is 7.73. The number of carbonyl (C=O) groups is 2. The van der Waals surface area contributed by atoms with Crippen molar-refractivity contribution < 1.29 is 63.2 Å². The zero-order valence-corrected chi connectivity index (χ0v) is 22.0. The second-order valence-corrected chi connectivity index (χ2v) is 7.73. The monoisotopic (exact) mass is 482 g/mol. The molecule has 0 saturated carbocycles. The predicted molar refractivity (Wildman–Crippen MR) is 123 cm³/mol. The zero-order chi connectivity index (χ0) is 24.2. The largest absolute Gasteiger partial charge is 1.00 e. The van der Waals surface area contributed by atoms with Crippen LogP contribution in [-0.4, -0.2) is 32.8 Å². The topological polar surface area (TPSA) is 94.1 Å². The van der Waals surface area contributed by atoms with E-state index in [1.807, 2.05) is 37.3 Å². The molecule has 0 radical (unpaired) electrons. The number of fused-ring (bicyclic) bond motifs is 1. The van der Waals surface area contributed by atoms with E-state index in [-0.39, 0.29) is 59.5 Å². The van der Waals surface area contributed by atoms with Gasteiger partial charge in [-0.2, -0.15) is 0 Å². The van der Waals surface area contributed by atoms with Crippen LogP contribution in [0.3, 0.4) is 0 Å². The number of methoxy groups -OCH3 is 2. The van der Waals surface area contributed by atoms with Crippen molar-refractivity contribution in [3.05, 3.63) is 88.5 Å². The molecule has 8 heteroatoms. The maximum absolute atomic E-state index is 13.7. The number of ether oxygens (including phenoxy) is 4. The van der Waals surface area contributed by atoms with Crippen LogP contribution in [0.4, 0.5) is 0 Å². The van der Waals surface area contributed by atoms with Crippen molar-refractivity contribution >= 4 is 17.3 Å². The molecule has 1 aliphatic heterocycles. The first-order chi connectivity index (χ1) is 16.4. The smallest absolute Gasteiger partial charge is 0.545 e. The summed E-state index contributed by atoms with van der Waals surface area (Å²) < 4.78 is 21.5. The number of ketones is 1. The van der Waals surface area contributed by atoms with Crippen molar-refractivity contribution in [3.8, 4) is 23.0 Å². The van der Waals surface area contributed by atoms with Crippen LogP contribution >= 0.6 is 0 Å². The summed E-state index contributed by atoms with van der Waals surface area (Å²) >= 11 is 0. The van der Waals surface area contributed by atoms with Gasteiger partial charge in [-0.05, 0) is 53.9 Å². The minimum atomic E-state index is -1.48. The Labute approximate surface area is 225 Å². The first-order valence-corrected chi connectivity index (χ1v) is 10.6. The molecule has 1 aliphatic rings. The third kappa shape index (κ3) is 5.53. The molecule has 0 bridgehead atoms. The van der Waals surface area contributed by atoms with Gasteiger partial charge in [0.1, 0.15) is 5.75 Å². The molecule has 35 heavy (non-hydrogen) atoms. The van der Waals surface area contributed by atoms with Gasteiger partial charge >= 0.3 is 29.6 Å². The summed E-state index contributed by atoms with van der Waals surface area (Å²) in [6.45, 7) is 1.80. The first kappa shape index (κ1) is 26.3. The number of carboxylic acid groups (broad SMARTS) is 1. The number of hydrogen-bond acceptors (Lipinski definition) is 7. The normalized spacial score (nSPS) is 12.3. The van der Waals surface area contributed by atoms with Gasteiger partial charge in [0.2, 0.25) is 12.5 Å². The van der Waals surface area contributed by atoms with Crippen molar-refractivity contribution in [2.75, 3.05) is 21.0 Å². The van der Waals surface area contributed by atoms with E-state index in [1.54, 1.807) is 25.3 Å². The number of hydrogen-bond donors (Lipinski definition) is 0. The standard InChI is InChI=1S/C27H24O7.Na/c1-16-11-18(9-10-21(16)31-2)25(28)20(12-17-7-5-4-6-8-17)24(27(29)30)19-13-22(32-3)26-23(14-19)33-15-34-26;/h4-11,13-14H,12,15H2,1-3H3,(H,29,30);/q;+1/p-1/b24-20+;. The number of allylic oxidation sites excluding steroid dienone is 1. The van der Waals surface area contributed by atoms with Crippen LogP contribution in [0.15, 0.2) is 66.2 Å². The molecule has 0 atom stereocenters. The molecule has 0 amide bonds. The van der Waals surface area contributed by atoms with Gasteiger partial charge in [-0.3, -0.25) is 4.79 Å². The Bertz CT molecular complexity index is 1280. The molecule has 0 aromatic heterocycles. The van der Waals surface area contributed by atoms with E-state index in [9.17, 15) is 14.7 Å². The number of carbonyl (C=O) groups excluding carboxylic acids is 2. The quantitative estimate of drug-likeness (QED) is 0.260. The molecule has 1 heterocycles. The summed E-state index contributed by atoms with van der Waals surface area (Å²) in [6.07, 6.45) is 0.0881. The molecule has 0 N–H and O–H groups in total. The number of rotatable bonds is 8. The summed E-state index contributed by atoms with van der Waals surface area (Å²) in [5.74, 6) is -0.261. The maximum atomic E-state index is 13.7. The molecule has 3 aromatic carbocycles. The van der Waals surface area contributed by atoms with E-state index in [1.165, 1.54) is 19.2 Å². The van der Waals surface area contributed by atoms with Crippen molar-refractivity contribution in [2.45, 2.75) is 13.3 Å². The summed E-state index contributed by atoms with van der Waals surface area (Å²) in [6, 6.07) is 17.2. The van der Waals surface area contributed by atoms with Crippen LogP contribution < -0.4 is 53.6 Å². The van der Waals surface area contributed by atoms with Gasteiger partial charge in [-0.25, -0.2) is 0 Å². The molecule has 0 fully saturated rings. The Morgan fingerprint density at radius 2 is 1.63 bits per heavy atom. The van der Waals surface area contributed by atoms with Gasteiger partial charge in [0.15, 0.2) is 17.3 Å². The van der Waals surface area contributed by atoms with Crippen LogP contribution in [0.25, 0.3) is 5.57 Å². The SMILES string of the molecule is COc1ccc(C(=O)/C(Cc2ccccc2)=C(/C(=O)[O-])c2cc(OC)c3c(c2)OCO3)cc1C.[Na+]. The average molecular weight is 482 g/mol. The third-order valence-corrected chi connectivity index (χ3v) is 5.61. The van der Waals surface area contributed by atoms with Crippen molar-refractivity contribution in [2.24, 2.45) is 0 Å². The van der Waals surface area contributed by atoms with E-state index >= 15 is 0 Å². The molecule has 7 nitrogen and oxygen atoms in total. The fourth-order valence-electron chi connectivity index (χ4n) is 3.97. The van der Waals surface area contributed by atoms with E-state index in [0.29, 0.717) is 28.6 Å². The molecule has 3 aromatic rings. The van der Waals surface area contributed by atoms with Gasteiger partial charge in [0.05, 0.1) is 20.2 Å². The molecule has 0 aliphatic carbocycles. The molecule has 0 spiro atoms. The number of benzene rings is 3. The number of Topliss-reactive ketones (excluding diaryl/α,β-unsaturated/α-hetero) is 1. The Morgan fingerprint density at radius 1 is 0.914 bits per heavy atom. The van der Waals surface area contributed by atoms with Crippen LogP contribution in [0.1, 0.15) is 27.0 Å². The van der Waals surface area contributed by atoms with Crippen molar-refractivity contribution in [1.29, 1.82) is 0 Å². The van der Waals surface area contributed by atoms with Gasteiger partial charge in [0.25, 0.3) is 0 Å². The number of aryl methyl sites for hydroxylation is 1. The Balaban J connectivity index is 0.00000342. The fraction of sp³-hybridized carbons (Fsp3) is 0.185. The van der Waals surface area contributed by atoms with Crippen molar-refractivity contribution in [1.82, 2.24) is 0 Å². The zero-order valence-electron chi connectivity index (χ0n) is 20.0. The van der Waals surface area contributed by atoms with E-state index < -0.39 is 11.8 Å². The van der Waals surface area contributed by atoms with Crippen molar-refractivity contribution in [3.63, 3.8) is 0 Å². The molecular weight excluding hydrogens is 459 g/mol. The Morgan fingerprint density at radius 3 is 2.26 bits per heavy atom. The molecular formula is C27H23NaO7.